The zero-order valence-electron chi connectivity index (χ0n) is 13.8. The fourth-order valence-corrected chi connectivity index (χ4v) is 2.55. The smallest absolute Gasteiger partial charge is 0.119 e. The van der Waals surface area contributed by atoms with E-state index in [2.05, 4.69) is 55.3 Å². The Balaban J connectivity index is 1.69. The molecule has 0 spiro atoms. The Morgan fingerprint density at radius 2 is 1.71 bits per heavy atom. The van der Waals surface area contributed by atoms with Gasteiger partial charge in [0.1, 0.15) is 12.4 Å². The number of nitrogens with one attached hydrogen (secondary N) is 1. The highest BCUT2D eigenvalue weighted by atomic mass is 16.5. The van der Waals surface area contributed by atoms with E-state index in [1.165, 1.54) is 37.9 Å². The molecule has 0 amide bonds. The minimum atomic E-state index is 0.156. The zero-order chi connectivity index (χ0) is 15.1. The SMILES string of the molecule is CC(C)(C)NCc1ccc(OCCN2CCCCC2)cc1. The molecule has 1 aliphatic rings. The fourth-order valence-electron chi connectivity index (χ4n) is 2.55. The highest BCUT2D eigenvalue weighted by molar-refractivity contribution is 5.27. The van der Waals surface area contributed by atoms with E-state index in [9.17, 15) is 0 Å². The minimum Gasteiger partial charge on any atom is -0.492 e. The monoisotopic (exact) mass is 290 g/mol. The Labute approximate surface area is 129 Å². The summed E-state index contributed by atoms with van der Waals surface area (Å²) < 4.78 is 5.85. The number of rotatable bonds is 6. The van der Waals surface area contributed by atoms with E-state index in [1.807, 2.05) is 0 Å². The lowest BCUT2D eigenvalue weighted by molar-refractivity contribution is 0.183. The van der Waals surface area contributed by atoms with Gasteiger partial charge in [-0.3, -0.25) is 4.90 Å². The summed E-state index contributed by atoms with van der Waals surface area (Å²) in [5.74, 6) is 0.978. The lowest BCUT2D eigenvalue weighted by Gasteiger charge is -2.26. The minimum absolute atomic E-state index is 0.156. The molecule has 1 aromatic carbocycles. The van der Waals surface area contributed by atoms with Gasteiger partial charge in [-0.25, -0.2) is 0 Å². The first-order chi connectivity index (χ1) is 10.0. The third-order valence-electron chi connectivity index (χ3n) is 3.87. The van der Waals surface area contributed by atoms with Crippen molar-refractivity contribution in [2.45, 2.75) is 52.1 Å². The molecule has 1 fully saturated rings. The molecule has 0 atom stereocenters. The van der Waals surface area contributed by atoms with Crippen molar-refractivity contribution in [3.8, 4) is 5.75 Å². The molecule has 1 N–H and O–H groups in total. The van der Waals surface area contributed by atoms with Gasteiger partial charge in [-0.05, 0) is 64.4 Å². The normalized spacial score (nSPS) is 16.9. The first-order valence-electron chi connectivity index (χ1n) is 8.22. The lowest BCUT2D eigenvalue weighted by Crippen LogP contribution is -2.35. The van der Waals surface area contributed by atoms with Crippen molar-refractivity contribution in [3.63, 3.8) is 0 Å². The van der Waals surface area contributed by atoms with Crippen LogP contribution in [-0.4, -0.2) is 36.7 Å². The van der Waals surface area contributed by atoms with Crippen molar-refractivity contribution < 1.29 is 4.74 Å². The molecule has 1 saturated heterocycles. The van der Waals surface area contributed by atoms with E-state index in [1.54, 1.807) is 0 Å². The molecule has 0 radical (unpaired) electrons. The van der Waals surface area contributed by atoms with Crippen molar-refractivity contribution in [3.05, 3.63) is 29.8 Å². The molecule has 118 valence electrons. The van der Waals surface area contributed by atoms with Crippen molar-refractivity contribution >= 4 is 0 Å². The number of nitrogens with zero attached hydrogens (tertiary/aromatic N) is 1. The molecular formula is C18H30N2O. The van der Waals surface area contributed by atoms with E-state index in [-0.39, 0.29) is 5.54 Å². The maximum absolute atomic E-state index is 5.85. The average molecular weight is 290 g/mol. The molecular weight excluding hydrogens is 260 g/mol. The Bertz CT molecular complexity index is 402. The van der Waals surface area contributed by atoms with Gasteiger partial charge in [-0.2, -0.15) is 0 Å². The van der Waals surface area contributed by atoms with Gasteiger partial charge in [0.25, 0.3) is 0 Å². The summed E-state index contributed by atoms with van der Waals surface area (Å²) in [4.78, 5) is 2.51. The number of hydrogen-bond donors (Lipinski definition) is 1. The van der Waals surface area contributed by atoms with Gasteiger partial charge in [0.05, 0.1) is 0 Å². The third kappa shape index (κ3) is 6.49. The molecule has 3 heteroatoms. The van der Waals surface area contributed by atoms with Gasteiger partial charge < -0.3 is 10.1 Å². The fraction of sp³-hybridized carbons (Fsp3) is 0.667. The van der Waals surface area contributed by atoms with E-state index in [4.69, 9.17) is 4.74 Å². The maximum Gasteiger partial charge on any atom is 0.119 e. The van der Waals surface area contributed by atoms with E-state index in [0.29, 0.717) is 0 Å². The Morgan fingerprint density at radius 3 is 2.33 bits per heavy atom. The van der Waals surface area contributed by atoms with Crippen LogP contribution in [0.15, 0.2) is 24.3 Å². The highest BCUT2D eigenvalue weighted by Crippen LogP contribution is 2.14. The summed E-state index contributed by atoms with van der Waals surface area (Å²) in [7, 11) is 0. The van der Waals surface area contributed by atoms with Gasteiger partial charge in [-0.15, -0.1) is 0 Å². The predicted octanol–water partition coefficient (Wildman–Crippen LogP) is 3.44. The average Bonchev–Trinajstić information content (AvgIpc) is 2.47. The number of benzene rings is 1. The van der Waals surface area contributed by atoms with Crippen LogP contribution < -0.4 is 10.1 Å². The van der Waals surface area contributed by atoms with Crippen LogP contribution in [0.1, 0.15) is 45.6 Å². The van der Waals surface area contributed by atoms with Crippen LogP contribution in [-0.2, 0) is 6.54 Å². The van der Waals surface area contributed by atoms with Crippen molar-refractivity contribution in [1.82, 2.24) is 10.2 Å². The third-order valence-corrected chi connectivity index (χ3v) is 3.87. The van der Waals surface area contributed by atoms with Crippen LogP contribution in [0.25, 0.3) is 0 Å². The van der Waals surface area contributed by atoms with E-state index >= 15 is 0 Å². The second-order valence-electron chi connectivity index (χ2n) is 7.00. The molecule has 0 unspecified atom stereocenters. The Kier molecular flexibility index (Phi) is 6.07. The lowest BCUT2D eigenvalue weighted by atomic mass is 10.1. The van der Waals surface area contributed by atoms with Gasteiger partial charge in [0, 0.05) is 18.6 Å². The second-order valence-corrected chi connectivity index (χ2v) is 7.00. The summed E-state index contributed by atoms with van der Waals surface area (Å²) >= 11 is 0. The Morgan fingerprint density at radius 1 is 1.05 bits per heavy atom. The molecule has 2 rings (SSSR count). The van der Waals surface area contributed by atoms with Crippen LogP contribution in [0, 0.1) is 0 Å². The van der Waals surface area contributed by atoms with Gasteiger partial charge in [-0.1, -0.05) is 18.6 Å². The van der Waals surface area contributed by atoms with Crippen LogP contribution in [0.3, 0.4) is 0 Å². The summed E-state index contributed by atoms with van der Waals surface area (Å²) in [6.45, 7) is 11.8. The second kappa shape index (κ2) is 7.81. The number of hydrogen-bond acceptors (Lipinski definition) is 3. The van der Waals surface area contributed by atoms with E-state index in [0.717, 1.165) is 25.4 Å². The van der Waals surface area contributed by atoms with E-state index < -0.39 is 0 Å². The predicted molar refractivity (Wildman–Crippen MR) is 88.8 cm³/mol. The molecule has 0 bridgehead atoms. The molecule has 1 heterocycles. The van der Waals surface area contributed by atoms with Crippen LogP contribution in [0.4, 0.5) is 0 Å². The number of ether oxygens (including phenoxy) is 1. The molecule has 1 aromatic rings. The van der Waals surface area contributed by atoms with Gasteiger partial charge >= 0.3 is 0 Å². The zero-order valence-corrected chi connectivity index (χ0v) is 13.8. The number of likely N-dealkylation sites (tertiary alicyclic amines) is 1. The molecule has 1 aliphatic heterocycles. The summed E-state index contributed by atoms with van der Waals surface area (Å²) in [5, 5.41) is 3.50. The van der Waals surface area contributed by atoms with Crippen molar-refractivity contribution in [2.75, 3.05) is 26.2 Å². The molecule has 3 nitrogen and oxygen atoms in total. The summed E-state index contributed by atoms with van der Waals surface area (Å²) in [6.07, 6.45) is 4.08. The number of piperidine rings is 1. The van der Waals surface area contributed by atoms with Crippen LogP contribution in [0.5, 0.6) is 5.75 Å². The summed E-state index contributed by atoms with van der Waals surface area (Å²) in [6, 6.07) is 8.45. The summed E-state index contributed by atoms with van der Waals surface area (Å²) in [5.41, 5.74) is 1.46. The quantitative estimate of drug-likeness (QED) is 0.868. The highest BCUT2D eigenvalue weighted by Gasteiger charge is 2.10. The molecule has 0 aromatic heterocycles. The molecule has 21 heavy (non-hydrogen) atoms. The maximum atomic E-state index is 5.85. The Hall–Kier alpha value is -1.06. The standard InChI is InChI=1S/C18H30N2O/c1-18(2,3)19-15-16-7-9-17(10-8-16)21-14-13-20-11-5-4-6-12-20/h7-10,19H,4-6,11-15H2,1-3H3. The van der Waals surface area contributed by atoms with Gasteiger partial charge in [0.15, 0.2) is 0 Å². The largest absolute Gasteiger partial charge is 0.492 e. The molecule has 0 saturated carbocycles. The van der Waals surface area contributed by atoms with Crippen molar-refractivity contribution in [1.29, 1.82) is 0 Å². The first kappa shape index (κ1) is 16.3. The first-order valence-corrected chi connectivity index (χ1v) is 8.22. The molecule has 0 aliphatic carbocycles. The topological polar surface area (TPSA) is 24.5 Å². The van der Waals surface area contributed by atoms with Crippen LogP contribution >= 0.6 is 0 Å². The van der Waals surface area contributed by atoms with Crippen molar-refractivity contribution in [2.24, 2.45) is 0 Å². The van der Waals surface area contributed by atoms with Crippen LogP contribution in [0.2, 0.25) is 0 Å². The van der Waals surface area contributed by atoms with Gasteiger partial charge in [0.2, 0.25) is 0 Å².